The zero-order chi connectivity index (χ0) is 18.1. The van der Waals surface area contributed by atoms with Crippen molar-refractivity contribution in [1.82, 2.24) is 14.9 Å². The van der Waals surface area contributed by atoms with E-state index in [2.05, 4.69) is 17.6 Å². The highest BCUT2D eigenvalue weighted by atomic mass is 32.2. The Labute approximate surface area is 153 Å². The standard InChI is InChI=1S/C18H36N4O2S/c1-3-19-18(20-12-6-9-16-7-4-5-8-16)21-15-17-10-13-22(14-11-17)25(2,23)24/h16-17H,3-15H2,1-2H3,(H2,19,20,21). The van der Waals surface area contributed by atoms with Gasteiger partial charge in [0.2, 0.25) is 10.0 Å². The lowest BCUT2D eigenvalue weighted by molar-refractivity contribution is 0.280. The predicted octanol–water partition coefficient (Wildman–Crippen LogP) is 2.18. The Kier molecular flexibility index (Phi) is 8.49. The quantitative estimate of drug-likeness (QED) is 0.389. The molecule has 0 amide bonds. The highest BCUT2D eigenvalue weighted by Crippen LogP contribution is 2.28. The summed E-state index contributed by atoms with van der Waals surface area (Å²) in [6.07, 6.45) is 11.3. The van der Waals surface area contributed by atoms with Crippen LogP contribution in [0.3, 0.4) is 0 Å². The fourth-order valence-electron chi connectivity index (χ4n) is 3.88. The predicted molar refractivity (Wildman–Crippen MR) is 104 cm³/mol. The van der Waals surface area contributed by atoms with E-state index in [1.54, 1.807) is 4.31 Å². The molecule has 25 heavy (non-hydrogen) atoms. The molecule has 0 unspecified atom stereocenters. The van der Waals surface area contributed by atoms with Crippen LogP contribution in [0.15, 0.2) is 4.99 Å². The number of rotatable bonds is 8. The lowest BCUT2D eigenvalue weighted by Gasteiger charge is -2.29. The molecule has 1 aliphatic heterocycles. The molecular formula is C18H36N4O2S. The summed E-state index contributed by atoms with van der Waals surface area (Å²) in [4.78, 5) is 4.72. The minimum absolute atomic E-state index is 0.479. The molecule has 1 saturated heterocycles. The van der Waals surface area contributed by atoms with E-state index in [0.717, 1.165) is 44.4 Å². The molecule has 2 aliphatic rings. The minimum Gasteiger partial charge on any atom is -0.357 e. The number of sulfonamides is 1. The van der Waals surface area contributed by atoms with Gasteiger partial charge in [-0.1, -0.05) is 25.7 Å². The van der Waals surface area contributed by atoms with Gasteiger partial charge in [0.1, 0.15) is 0 Å². The topological polar surface area (TPSA) is 73.8 Å². The van der Waals surface area contributed by atoms with Crippen LogP contribution in [0.25, 0.3) is 0 Å². The second-order valence-corrected chi connectivity index (χ2v) is 9.53. The van der Waals surface area contributed by atoms with Crippen molar-refractivity contribution in [3.63, 3.8) is 0 Å². The minimum atomic E-state index is -3.04. The van der Waals surface area contributed by atoms with E-state index < -0.39 is 10.0 Å². The summed E-state index contributed by atoms with van der Waals surface area (Å²) in [5.41, 5.74) is 0. The van der Waals surface area contributed by atoms with Gasteiger partial charge in [0.25, 0.3) is 0 Å². The van der Waals surface area contributed by atoms with E-state index >= 15 is 0 Å². The van der Waals surface area contributed by atoms with Crippen molar-refractivity contribution in [1.29, 1.82) is 0 Å². The average Bonchev–Trinajstić information content (AvgIpc) is 3.09. The van der Waals surface area contributed by atoms with Crippen LogP contribution in [0.5, 0.6) is 0 Å². The Morgan fingerprint density at radius 1 is 1.08 bits per heavy atom. The number of nitrogens with zero attached hydrogens (tertiary/aromatic N) is 2. The van der Waals surface area contributed by atoms with Gasteiger partial charge in [0.05, 0.1) is 6.26 Å². The van der Waals surface area contributed by atoms with Crippen molar-refractivity contribution < 1.29 is 8.42 Å². The lowest BCUT2D eigenvalue weighted by Crippen LogP contribution is -2.40. The smallest absolute Gasteiger partial charge is 0.211 e. The number of piperidine rings is 1. The Balaban J connectivity index is 1.68. The third-order valence-electron chi connectivity index (χ3n) is 5.45. The Morgan fingerprint density at radius 2 is 1.76 bits per heavy atom. The maximum Gasteiger partial charge on any atom is 0.211 e. The van der Waals surface area contributed by atoms with Gasteiger partial charge in [-0.2, -0.15) is 0 Å². The second-order valence-electron chi connectivity index (χ2n) is 7.54. The van der Waals surface area contributed by atoms with Gasteiger partial charge in [-0.3, -0.25) is 4.99 Å². The van der Waals surface area contributed by atoms with E-state index in [1.165, 1.54) is 44.8 Å². The van der Waals surface area contributed by atoms with Gasteiger partial charge in [0.15, 0.2) is 5.96 Å². The molecule has 0 atom stereocenters. The van der Waals surface area contributed by atoms with E-state index in [1.807, 2.05) is 0 Å². The van der Waals surface area contributed by atoms with Crippen LogP contribution in [0, 0.1) is 11.8 Å². The maximum absolute atomic E-state index is 11.6. The van der Waals surface area contributed by atoms with Gasteiger partial charge < -0.3 is 10.6 Å². The number of nitrogens with one attached hydrogen (secondary N) is 2. The summed E-state index contributed by atoms with van der Waals surface area (Å²) in [6, 6.07) is 0. The molecule has 0 aromatic carbocycles. The first kappa shape index (κ1) is 20.5. The van der Waals surface area contributed by atoms with Crippen LogP contribution >= 0.6 is 0 Å². The van der Waals surface area contributed by atoms with Crippen molar-refractivity contribution in [2.75, 3.05) is 39.0 Å². The molecule has 0 radical (unpaired) electrons. The highest BCUT2D eigenvalue weighted by molar-refractivity contribution is 7.88. The van der Waals surface area contributed by atoms with E-state index in [4.69, 9.17) is 4.99 Å². The molecule has 0 bridgehead atoms. The van der Waals surface area contributed by atoms with Gasteiger partial charge in [-0.25, -0.2) is 12.7 Å². The molecule has 1 saturated carbocycles. The Hall–Kier alpha value is -0.820. The molecule has 1 aliphatic carbocycles. The number of hydrogen-bond donors (Lipinski definition) is 2. The SMILES string of the molecule is CCNC(=NCC1CCN(S(C)(=O)=O)CC1)NCCCC1CCCC1. The largest absolute Gasteiger partial charge is 0.357 e. The molecular weight excluding hydrogens is 336 g/mol. The van der Waals surface area contributed by atoms with Gasteiger partial charge >= 0.3 is 0 Å². The number of aliphatic imine (C=N–C) groups is 1. The van der Waals surface area contributed by atoms with E-state index in [0.29, 0.717) is 19.0 Å². The molecule has 2 rings (SSSR count). The van der Waals surface area contributed by atoms with Crippen molar-refractivity contribution in [3.05, 3.63) is 0 Å². The molecule has 6 nitrogen and oxygen atoms in total. The van der Waals surface area contributed by atoms with Crippen LogP contribution < -0.4 is 10.6 Å². The molecule has 2 fully saturated rings. The van der Waals surface area contributed by atoms with Gasteiger partial charge in [-0.05, 0) is 44.4 Å². The maximum atomic E-state index is 11.6. The molecule has 1 heterocycles. The summed E-state index contributed by atoms with van der Waals surface area (Å²) in [5.74, 6) is 2.33. The molecule has 0 aromatic heterocycles. The van der Waals surface area contributed by atoms with Crippen LogP contribution in [0.4, 0.5) is 0 Å². The molecule has 2 N–H and O–H groups in total. The Morgan fingerprint density at radius 3 is 2.36 bits per heavy atom. The second kappa shape index (κ2) is 10.4. The summed E-state index contributed by atoms with van der Waals surface area (Å²) < 4.78 is 24.7. The summed E-state index contributed by atoms with van der Waals surface area (Å²) in [7, 11) is -3.04. The summed E-state index contributed by atoms with van der Waals surface area (Å²) in [5, 5.41) is 6.77. The normalized spacial score (nSPS) is 21.6. The van der Waals surface area contributed by atoms with Crippen molar-refractivity contribution in [3.8, 4) is 0 Å². The summed E-state index contributed by atoms with van der Waals surface area (Å²) in [6.45, 7) is 5.96. The van der Waals surface area contributed by atoms with Gasteiger partial charge in [-0.15, -0.1) is 0 Å². The van der Waals surface area contributed by atoms with Crippen molar-refractivity contribution >= 4 is 16.0 Å². The zero-order valence-corrected chi connectivity index (χ0v) is 16.8. The number of guanidine groups is 1. The molecule has 7 heteroatoms. The molecule has 146 valence electrons. The van der Waals surface area contributed by atoms with E-state index in [-0.39, 0.29) is 0 Å². The average molecular weight is 373 g/mol. The van der Waals surface area contributed by atoms with E-state index in [9.17, 15) is 8.42 Å². The van der Waals surface area contributed by atoms with Crippen molar-refractivity contribution in [2.45, 2.75) is 58.3 Å². The molecule has 0 spiro atoms. The first-order chi connectivity index (χ1) is 12.0. The van der Waals surface area contributed by atoms with Crippen LogP contribution in [-0.4, -0.2) is 57.7 Å². The third kappa shape index (κ3) is 7.52. The van der Waals surface area contributed by atoms with Crippen LogP contribution in [-0.2, 0) is 10.0 Å². The monoisotopic (exact) mass is 372 g/mol. The first-order valence-corrected chi connectivity index (χ1v) is 11.8. The van der Waals surface area contributed by atoms with Crippen LogP contribution in [0.2, 0.25) is 0 Å². The fraction of sp³-hybridized carbons (Fsp3) is 0.944. The zero-order valence-electron chi connectivity index (χ0n) is 16.0. The Bertz CT molecular complexity index is 507. The highest BCUT2D eigenvalue weighted by Gasteiger charge is 2.24. The lowest BCUT2D eigenvalue weighted by atomic mass is 9.98. The fourth-order valence-corrected chi connectivity index (χ4v) is 4.76. The van der Waals surface area contributed by atoms with Crippen LogP contribution in [0.1, 0.15) is 58.3 Å². The molecule has 0 aromatic rings. The first-order valence-electron chi connectivity index (χ1n) is 9.96. The number of hydrogen-bond acceptors (Lipinski definition) is 3. The third-order valence-corrected chi connectivity index (χ3v) is 6.75. The summed E-state index contributed by atoms with van der Waals surface area (Å²) >= 11 is 0. The van der Waals surface area contributed by atoms with Crippen molar-refractivity contribution in [2.24, 2.45) is 16.8 Å². The van der Waals surface area contributed by atoms with Gasteiger partial charge in [0, 0.05) is 32.7 Å².